The average molecular weight is 230 g/mol. The van der Waals surface area contributed by atoms with Gasteiger partial charge >= 0.3 is 0 Å². The van der Waals surface area contributed by atoms with Gasteiger partial charge in [-0.1, -0.05) is 34.6 Å². The number of hydrogen-bond donors (Lipinski definition) is 0. The van der Waals surface area contributed by atoms with Crippen molar-refractivity contribution in [3.05, 3.63) is 0 Å². The highest BCUT2D eigenvalue weighted by atomic mass is 28.4. The molecule has 3 heteroatoms. The normalized spacial score (nSPS) is 13.1. The summed E-state index contributed by atoms with van der Waals surface area (Å²) in [6.07, 6.45) is 1.48. The molecular formula is C12H26O2Si. The second-order valence-corrected chi connectivity index (χ2v) is 10.9. The fraction of sp³-hybridized carbons (Fsp3) is 0.917. The van der Waals surface area contributed by atoms with Crippen molar-refractivity contribution in [1.29, 1.82) is 0 Å². The molecule has 15 heavy (non-hydrogen) atoms. The van der Waals surface area contributed by atoms with Gasteiger partial charge < -0.3 is 4.43 Å². The van der Waals surface area contributed by atoms with Crippen molar-refractivity contribution >= 4 is 14.3 Å². The van der Waals surface area contributed by atoms with Gasteiger partial charge in [0.15, 0.2) is 0 Å². The summed E-state index contributed by atoms with van der Waals surface area (Å²) in [6.45, 7) is 14.9. The molecule has 0 heterocycles. The number of carbonyl (C=O) groups excluding carboxylic acids is 1. The van der Waals surface area contributed by atoms with Crippen molar-refractivity contribution in [1.82, 2.24) is 0 Å². The molecule has 0 aliphatic carbocycles. The first-order valence-electron chi connectivity index (χ1n) is 5.78. The van der Waals surface area contributed by atoms with Crippen molar-refractivity contribution in [3.8, 4) is 0 Å². The molecule has 0 aliphatic heterocycles. The maximum atomic E-state index is 11.6. The Balaban J connectivity index is 4.17. The first kappa shape index (κ1) is 14.7. The topological polar surface area (TPSA) is 26.3 Å². The molecule has 0 N–H and O–H groups in total. The number of carbonyl (C=O) groups is 1. The first-order valence-corrected chi connectivity index (χ1v) is 8.69. The molecule has 0 aromatic rings. The molecule has 0 amide bonds. The smallest absolute Gasteiger partial charge is 0.292 e. The Hall–Kier alpha value is -0.313. The van der Waals surface area contributed by atoms with Crippen LogP contribution in [-0.2, 0) is 9.22 Å². The van der Waals surface area contributed by atoms with Gasteiger partial charge in [0.1, 0.15) is 0 Å². The highest BCUT2D eigenvalue weighted by Gasteiger charge is 2.40. The molecule has 0 radical (unpaired) electrons. The Morgan fingerprint density at radius 3 is 2.07 bits per heavy atom. The van der Waals surface area contributed by atoms with Gasteiger partial charge in [-0.05, 0) is 30.5 Å². The minimum absolute atomic E-state index is 0.0182. The maximum Gasteiger partial charge on any atom is 0.292 e. The van der Waals surface area contributed by atoms with Crippen LogP contribution in [0.2, 0.25) is 18.1 Å². The van der Waals surface area contributed by atoms with E-state index in [1.165, 1.54) is 0 Å². The third-order valence-electron chi connectivity index (χ3n) is 3.10. The van der Waals surface area contributed by atoms with Gasteiger partial charge in [0.05, 0.1) is 0 Å². The quantitative estimate of drug-likeness (QED) is 0.683. The van der Waals surface area contributed by atoms with Gasteiger partial charge in [0.25, 0.3) is 14.3 Å². The molecule has 0 spiro atoms. The van der Waals surface area contributed by atoms with Crippen LogP contribution in [0.4, 0.5) is 0 Å². The van der Waals surface area contributed by atoms with Gasteiger partial charge in [0.2, 0.25) is 0 Å². The highest BCUT2D eigenvalue weighted by molar-refractivity contribution is 6.75. The minimum Gasteiger partial charge on any atom is -0.519 e. The van der Waals surface area contributed by atoms with E-state index in [1.54, 1.807) is 0 Å². The van der Waals surface area contributed by atoms with E-state index in [-0.39, 0.29) is 11.0 Å². The van der Waals surface area contributed by atoms with Gasteiger partial charge in [0, 0.05) is 6.42 Å². The van der Waals surface area contributed by atoms with Crippen LogP contribution >= 0.6 is 0 Å². The van der Waals surface area contributed by atoms with Crippen molar-refractivity contribution in [2.75, 3.05) is 0 Å². The fourth-order valence-corrected chi connectivity index (χ4v) is 1.87. The van der Waals surface area contributed by atoms with Gasteiger partial charge in [-0.25, -0.2) is 0 Å². The zero-order chi connectivity index (χ0) is 12.3. The second kappa shape index (κ2) is 5.15. The van der Waals surface area contributed by atoms with E-state index in [4.69, 9.17) is 4.43 Å². The largest absolute Gasteiger partial charge is 0.519 e. The Morgan fingerprint density at radius 1 is 1.27 bits per heavy atom. The lowest BCUT2D eigenvalue weighted by molar-refractivity contribution is -0.135. The van der Waals surface area contributed by atoms with Crippen LogP contribution in [-0.4, -0.2) is 14.3 Å². The standard InChI is InChI=1S/C12H26O2Si/c1-10(2)8-9-11(13)14-15(6,7)12(3,4)5/h10H,8-9H2,1-7H3. The molecular weight excluding hydrogens is 204 g/mol. The van der Waals surface area contributed by atoms with Gasteiger partial charge in [-0.2, -0.15) is 0 Å². The van der Waals surface area contributed by atoms with E-state index in [1.807, 2.05) is 0 Å². The van der Waals surface area contributed by atoms with Crippen LogP contribution < -0.4 is 0 Å². The summed E-state index contributed by atoms with van der Waals surface area (Å²) < 4.78 is 5.65. The molecule has 0 atom stereocenters. The summed E-state index contributed by atoms with van der Waals surface area (Å²) >= 11 is 0. The molecule has 0 bridgehead atoms. The lowest BCUT2D eigenvalue weighted by Crippen LogP contribution is -2.42. The summed E-state index contributed by atoms with van der Waals surface area (Å²) in [6, 6.07) is 0. The Morgan fingerprint density at radius 2 is 1.73 bits per heavy atom. The average Bonchev–Trinajstić information content (AvgIpc) is 1.97. The maximum absolute atomic E-state index is 11.6. The van der Waals surface area contributed by atoms with Crippen molar-refractivity contribution < 1.29 is 9.22 Å². The SMILES string of the molecule is CC(C)CCC(=O)O[Si](C)(C)C(C)(C)C. The van der Waals surface area contributed by atoms with Crippen molar-refractivity contribution in [3.63, 3.8) is 0 Å². The van der Waals surface area contributed by atoms with Crippen LogP contribution in [0.15, 0.2) is 0 Å². The van der Waals surface area contributed by atoms with Gasteiger partial charge in [-0.3, -0.25) is 4.79 Å². The molecule has 0 aliphatic rings. The molecule has 0 aromatic heterocycles. The summed E-state index contributed by atoms with van der Waals surface area (Å²) in [5.41, 5.74) is 0. The third-order valence-corrected chi connectivity index (χ3v) is 7.45. The number of rotatable bonds is 4. The van der Waals surface area contributed by atoms with E-state index < -0.39 is 8.32 Å². The Labute approximate surface area is 95.5 Å². The summed E-state index contributed by atoms with van der Waals surface area (Å²) in [5, 5.41) is 0.112. The molecule has 90 valence electrons. The molecule has 0 aromatic carbocycles. The molecule has 0 saturated heterocycles. The molecule has 0 unspecified atom stereocenters. The zero-order valence-electron chi connectivity index (χ0n) is 11.3. The highest BCUT2D eigenvalue weighted by Crippen LogP contribution is 2.36. The Kier molecular flexibility index (Phi) is 5.04. The Bertz CT molecular complexity index is 214. The lowest BCUT2D eigenvalue weighted by Gasteiger charge is -2.35. The molecule has 0 rings (SSSR count). The second-order valence-electron chi connectivity index (χ2n) is 6.17. The number of hydrogen-bond acceptors (Lipinski definition) is 2. The van der Waals surface area contributed by atoms with E-state index in [2.05, 4.69) is 47.7 Å². The van der Waals surface area contributed by atoms with Crippen LogP contribution in [0.5, 0.6) is 0 Å². The predicted octanol–water partition coefficient (Wildman–Crippen LogP) is 3.97. The summed E-state index contributed by atoms with van der Waals surface area (Å²) in [5.74, 6) is 0.548. The van der Waals surface area contributed by atoms with Gasteiger partial charge in [-0.15, -0.1) is 0 Å². The predicted molar refractivity (Wildman–Crippen MR) is 67.4 cm³/mol. The van der Waals surface area contributed by atoms with Crippen LogP contribution in [0, 0.1) is 5.92 Å². The summed E-state index contributed by atoms with van der Waals surface area (Å²) in [4.78, 5) is 11.6. The summed E-state index contributed by atoms with van der Waals surface area (Å²) in [7, 11) is -1.89. The van der Waals surface area contributed by atoms with Crippen LogP contribution in [0.25, 0.3) is 0 Å². The molecule has 2 nitrogen and oxygen atoms in total. The third kappa shape index (κ3) is 5.35. The lowest BCUT2D eigenvalue weighted by atomic mass is 10.1. The van der Waals surface area contributed by atoms with E-state index >= 15 is 0 Å². The van der Waals surface area contributed by atoms with Crippen LogP contribution in [0.1, 0.15) is 47.5 Å². The molecule has 0 fully saturated rings. The van der Waals surface area contributed by atoms with E-state index in [0.29, 0.717) is 12.3 Å². The van der Waals surface area contributed by atoms with Crippen molar-refractivity contribution in [2.24, 2.45) is 5.92 Å². The molecule has 0 saturated carbocycles. The zero-order valence-corrected chi connectivity index (χ0v) is 12.3. The minimum atomic E-state index is -1.89. The van der Waals surface area contributed by atoms with E-state index in [9.17, 15) is 4.79 Å². The monoisotopic (exact) mass is 230 g/mol. The fourth-order valence-electron chi connectivity index (χ4n) is 0.895. The van der Waals surface area contributed by atoms with Crippen LogP contribution in [0.3, 0.4) is 0 Å². The van der Waals surface area contributed by atoms with Crippen molar-refractivity contribution in [2.45, 2.75) is 65.6 Å². The van der Waals surface area contributed by atoms with E-state index in [0.717, 1.165) is 6.42 Å². The first-order chi connectivity index (χ1) is 6.56.